The van der Waals surface area contributed by atoms with Crippen molar-refractivity contribution in [3.8, 4) is 11.1 Å². The van der Waals surface area contributed by atoms with Gasteiger partial charge in [-0.2, -0.15) is 0 Å². The van der Waals surface area contributed by atoms with Crippen LogP contribution in [0.5, 0.6) is 0 Å². The summed E-state index contributed by atoms with van der Waals surface area (Å²) < 4.78 is 41.8. The molecule has 0 radical (unpaired) electrons. The fourth-order valence-corrected chi connectivity index (χ4v) is 4.48. The molecule has 0 bridgehead atoms. The van der Waals surface area contributed by atoms with Crippen LogP contribution in [0.25, 0.3) is 11.1 Å². The predicted molar refractivity (Wildman–Crippen MR) is 124 cm³/mol. The largest absolute Gasteiger partial charge is 0.289 e. The molecule has 0 fully saturated rings. The number of hydrogen-bond donors (Lipinski definition) is 1. The van der Waals surface area contributed by atoms with Gasteiger partial charge in [0.15, 0.2) is 5.78 Å². The number of ketones is 1. The lowest BCUT2D eigenvalue weighted by molar-refractivity contribution is 0.103. The SMILES string of the molecule is Cc1ccc(S(=O)(=O)Nc2ccccc2-c2ccccc2C(=O)c2ccc(F)cc2)cc1. The van der Waals surface area contributed by atoms with Gasteiger partial charge in [-0.25, -0.2) is 12.8 Å². The van der Waals surface area contributed by atoms with Crippen molar-refractivity contribution in [1.29, 1.82) is 0 Å². The molecule has 0 amide bonds. The lowest BCUT2D eigenvalue weighted by atomic mass is 9.93. The molecule has 160 valence electrons. The van der Waals surface area contributed by atoms with Crippen molar-refractivity contribution in [3.63, 3.8) is 0 Å². The predicted octanol–water partition coefficient (Wildman–Crippen LogP) is 5.83. The average Bonchev–Trinajstić information content (AvgIpc) is 2.79. The third-order valence-corrected chi connectivity index (χ3v) is 6.45. The zero-order valence-electron chi connectivity index (χ0n) is 17.2. The Kier molecular flexibility index (Phi) is 5.88. The highest BCUT2D eigenvalue weighted by molar-refractivity contribution is 7.92. The van der Waals surface area contributed by atoms with Crippen LogP contribution in [0.3, 0.4) is 0 Å². The fraction of sp³-hybridized carbons (Fsp3) is 0.0385. The van der Waals surface area contributed by atoms with Crippen LogP contribution in [0.15, 0.2) is 102 Å². The molecular weight excluding hydrogens is 425 g/mol. The van der Waals surface area contributed by atoms with Gasteiger partial charge in [0, 0.05) is 16.7 Å². The highest BCUT2D eigenvalue weighted by atomic mass is 32.2. The lowest BCUT2D eigenvalue weighted by Crippen LogP contribution is -2.14. The van der Waals surface area contributed by atoms with E-state index < -0.39 is 15.8 Å². The van der Waals surface area contributed by atoms with Crippen LogP contribution in [0, 0.1) is 12.7 Å². The molecule has 0 unspecified atom stereocenters. The third kappa shape index (κ3) is 4.45. The molecule has 1 N–H and O–H groups in total. The van der Waals surface area contributed by atoms with E-state index in [0.29, 0.717) is 27.9 Å². The van der Waals surface area contributed by atoms with Crippen molar-refractivity contribution in [2.45, 2.75) is 11.8 Å². The molecule has 6 heteroatoms. The minimum Gasteiger partial charge on any atom is -0.289 e. The van der Waals surface area contributed by atoms with Gasteiger partial charge in [0.1, 0.15) is 5.82 Å². The quantitative estimate of drug-likeness (QED) is 0.380. The zero-order valence-corrected chi connectivity index (χ0v) is 18.1. The maximum atomic E-state index is 13.3. The summed E-state index contributed by atoms with van der Waals surface area (Å²) in [7, 11) is -3.83. The van der Waals surface area contributed by atoms with Gasteiger partial charge in [0.2, 0.25) is 0 Å². The Morgan fingerprint density at radius 1 is 0.750 bits per heavy atom. The summed E-state index contributed by atoms with van der Waals surface area (Å²) in [6.07, 6.45) is 0. The smallest absolute Gasteiger partial charge is 0.261 e. The molecule has 4 rings (SSSR count). The fourth-order valence-electron chi connectivity index (χ4n) is 3.40. The van der Waals surface area contributed by atoms with Crippen molar-refractivity contribution in [1.82, 2.24) is 0 Å². The van der Waals surface area contributed by atoms with E-state index in [0.717, 1.165) is 5.56 Å². The van der Waals surface area contributed by atoms with E-state index >= 15 is 0 Å². The Bertz CT molecular complexity index is 1380. The van der Waals surface area contributed by atoms with E-state index in [-0.39, 0.29) is 10.7 Å². The highest BCUT2D eigenvalue weighted by Gasteiger charge is 2.20. The normalized spacial score (nSPS) is 11.2. The standard InChI is InChI=1S/C26H20FNO3S/c1-18-10-16-21(17-11-18)32(30,31)28-25-9-5-4-7-23(25)22-6-2-3-8-24(22)26(29)19-12-14-20(27)15-13-19/h2-17,28H,1H3. The number of halogens is 1. The van der Waals surface area contributed by atoms with Crippen LogP contribution in [-0.2, 0) is 10.0 Å². The summed E-state index contributed by atoms with van der Waals surface area (Å²) in [6, 6.07) is 25.7. The molecule has 4 nitrogen and oxygen atoms in total. The van der Waals surface area contributed by atoms with Gasteiger partial charge in [-0.1, -0.05) is 60.2 Å². The van der Waals surface area contributed by atoms with Crippen molar-refractivity contribution in [3.05, 3.63) is 120 Å². The molecular formula is C26H20FNO3S. The van der Waals surface area contributed by atoms with E-state index in [2.05, 4.69) is 4.72 Å². The Balaban J connectivity index is 1.76. The first-order chi connectivity index (χ1) is 15.3. The number of para-hydroxylation sites is 1. The number of rotatable bonds is 6. The second kappa shape index (κ2) is 8.77. The molecule has 0 atom stereocenters. The molecule has 0 aliphatic rings. The Labute approximate surface area is 186 Å². The van der Waals surface area contributed by atoms with Gasteiger partial charge in [-0.05, 0) is 55.0 Å². The number of aryl methyl sites for hydroxylation is 1. The topological polar surface area (TPSA) is 63.2 Å². The van der Waals surface area contributed by atoms with E-state index in [9.17, 15) is 17.6 Å². The number of carbonyl (C=O) groups excluding carboxylic acids is 1. The summed E-state index contributed by atoms with van der Waals surface area (Å²) in [5.41, 5.74) is 3.18. The highest BCUT2D eigenvalue weighted by Crippen LogP contribution is 2.33. The molecule has 0 spiro atoms. The van der Waals surface area contributed by atoms with Crippen LogP contribution < -0.4 is 4.72 Å². The van der Waals surface area contributed by atoms with Gasteiger partial charge in [-0.3, -0.25) is 9.52 Å². The van der Waals surface area contributed by atoms with Gasteiger partial charge in [-0.15, -0.1) is 0 Å². The summed E-state index contributed by atoms with van der Waals surface area (Å²) in [6.45, 7) is 1.88. The molecule has 0 aliphatic carbocycles. The number of hydrogen-bond acceptors (Lipinski definition) is 3. The molecule has 4 aromatic carbocycles. The molecule has 0 saturated heterocycles. The molecule has 4 aromatic rings. The van der Waals surface area contributed by atoms with Crippen molar-refractivity contribution < 1.29 is 17.6 Å². The summed E-state index contributed by atoms with van der Waals surface area (Å²) in [4.78, 5) is 13.3. The van der Waals surface area contributed by atoms with Gasteiger partial charge in [0.25, 0.3) is 10.0 Å². The molecule has 0 saturated carbocycles. The third-order valence-electron chi connectivity index (χ3n) is 5.07. The summed E-state index contributed by atoms with van der Waals surface area (Å²) in [5, 5.41) is 0. The van der Waals surface area contributed by atoms with E-state index in [1.165, 1.54) is 24.3 Å². The zero-order chi connectivity index (χ0) is 22.7. The van der Waals surface area contributed by atoms with Crippen LogP contribution in [0.4, 0.5) is 10.1 Å². The van der Waals surface area contributed by atoms with Crippen LogP contribution >= 0.6 is 0 Å². The first-order valence-electron chi connectivity index (χ1n) is 9.93. The number of nitrogens with one attached hydrogen (secondary N) is 1. The number of anilines is 1. The Hall–Kier alpha value is -3.77. The average molecular weight is 446 g/mol. The van der Waals surface area contributed by atoms with E-state index in [4.69, 9.17) is 0 Å². The lowest BCUT2D eigenvalue weighted by Gasteiger charge is -2.15. The maximum absolute atomic E-state index is 13.3. The second-order valence-electron chi connectivity index (χ2n) is 7.35. The maximum Gasteiger partial charge on any atom is 0.261 e. The summed E-state index contributed by atoms with van der Waals surface area (Å²) >= 11 is 0. The first-order valence-corrected chi connectivity index (χ1v) is 11.4. The number of carbonyl (C=O) groups is 1. The van der Waals surface area contributed by atoms with Gasteiger partial charge < -0.3 is 0 Å². The monoisotopic (exact) mass is 445 g/mol. The molecule has 0 heterocycles. The van der Waals surface area contributed by atoms with Crippen molar-refractivity contribution in [2.24, 2.45) is 0 Å². The minimum atomic E-state index is -3.83. The van der Waals surface area contributed by atoms with Crippen LogP contribution in [-0.4, -0.2) is 14.2 Å². The first kappa shape index (κ1) is 21.5. The van der Waals surface area contributed by atoms with E-state index in [1.807, 2.05) is 6.92 Å². The number of sulfonamides is 1. The minimum absolute atomic E-state index is 0.147. The number of benzene rings is 4. The van der Waals surface area contributed by atoms with Gasteiger partial charge >= 0.3 is 0 Å². The van der Waals surface area contributed by atoms with Crippen LogP contribution in [0.2, 0.25) is 0 Å². The van der Waals surface area contributed by atoms with Crippen molar-refractivity contribution in [2.75, 3.05) is 4.72 Å². The Morgan fingerprint density at radius 2 is 1.34 bits per heavy atom. The second-order valence-corrected chi connectivity index (χ2v) is 9.03. The van der Waals surface area contributed by atoms with Crippen LogP contribution in [0.1, 0.15) is 21.5 Å². The molecule has 0 aliphatic heterocycles. The van der Waals surface area contributed by atoms with Gasteiger partial charge in [0.05, 0.1) is 10.6 Å². The summed E-state index contributed by atoms with van der Waals surface area (Å²) in [5.74, 6) is -0.706. The Morgan fingerprint density at radius 3 is 2.03 bits per heavy atom. The van der Waals surface area contributed by atoms with E-state index in [1.54, 1.807) is 72.8 Å². The molecule has 32 heavy (non-hydrogen) atoms. The van der Waals surface area contributed by atoms with Crippen molar-refractivity contribution >= 4 is 21.5 Å². The molecule has 0 aromatic heterocycles.